The van der Waals surface area contributed by atoms with Gasteiger partial charge < -0.3 is 5.11 Å². The number of unbranched alkanes of at least 4 members (excludes halogenated alkanes) is 10. The molecule has 0 aromatic heterocycles. The van der Waals surface area contributed by atoms with Crippen molar-refractivity contribution in [3.8, 4) is 5.75 Å². The average molecular weight is 361 g/mol. The summed E-state index contributed by atoms with van der Waals surface area (Å²) in [7, 11) is 0. The number of phenols is 1. The Bertz CT molecular complexity index is 526. The summed E-state index contributed by atoms with van der Waals surface area (Å²) in [6, 6.07) is 5.29. The molecule has 0 heterocycles. The van der Waals surface area contributed by atoms with Crippen molar-refractivity contribution in [2.45, 2.75) is 110 Å². The second kappa shape index (κ2) is 12.1. The predicted octanol–water partition coefficient (Wildman–Crippen LogP) is 7.57. The summed E-state index contributed by atoms with van der Waals surface area (Å²) in [5.41, 5.74) is 1.43. The first-order valence-electron chi connectivity index (χ1n) is 10.7. The Labute approximate surface area is 161 Å². The number of aromatic hydroxyl groups is 1. The second-order valence-corrected chi connectivity index (χ2v) is 8.69. The Balaban J connectivity index is 2.19. The molecule has 0 radical (unpaired) electrons. The molecule has 1 rings (SSSR count). The van der Waals surface area contributed by atoms with E-state index in [2.05, 4.69) is 27.7 Å². The largest absolute Gasteiger partial charge is 0.508 e. The third kappa shape index (κ3) is 8.87. The first-order valence-corrected chi connectivity index (χ1v) is 10.7. The van der Waals surface area contributed by atoms with E-state index in [1.165, 1.54) is 57.8 Å². The fourth-order valence-corrected chi connectivity index (χ4v) is 3.40. The zero-order valence-electron chi connectivity index (χ0n) is 17.6. The molecule has 0 atom stereocenters. The molecule has 0 fully saturated rings. The SMILES string of the molecule is CCCCCCCCCCCCCC(=O)c1ccc(O)c(C(C)(C)C)c1. The van der Waals surface area contributed by atoms with Crippen LogP contribution in [-0.4, -0.2) is 10.9 Å². The van der Waals surface area contributed by atoms with Gasteiger partial charge in [0.05, 0.1) is 0 Å². The molecule has 0 saturated carbocycles. The van der Waals surface area contributed by atoms with E-state index in [9.17, 15) is 9.90 Å². The van der Waals surface area contributed by atoms with Gasteiger partial charge in [0.15, 0.2) is 5.78 Å². The fourth-order valence-electron chi connectivity index (χ4n) is 3.40. The predicted molar refractivity (Wildman–Crippen MR) is 112 cm³/mol. The Morgan fingerprint density at radius 3 is 1.85 bits per heavy atom. The van der Waals surface area contributed by atoms with Crippen LogP contribution in [0, 0.1) is 0 Å². The maximum absolute atomic E-state index is 12.4. The number of hydrogen-bond donors (Lipinski definition) is 1. The standard InChI is InChI=1S/C24H40O2/c1-5-6-7-8-9-10-11-12-13-14-15-16-22(25)20-17-18-23(26)21(19-20)24(2,3)4/h17-19,26H,5-16H2,1-4H3. The molecule has 0 amide bonds. The van der Waals surface area contributed by atoms with Crippen LogP contribution in [0.4, 0.5) is 0 Å². The van der Waals surface area contributed by atoms with Crippen molar-refractivity contribution >= 4 is 5.78 Å². The van der Waals surface area contributed by atoms with Crippen LogP contribution in [0.1, 0.15) is 121 Å². The van der Waals surface area contributed by atoms with Gasteiger partial charge in [0.25, 0.3) is 0 Å². The molecule has 2 heteroatoms. The highest BCUT2D eigenvalue weighted by Gasteiger charge is 2.19. The van der Waals surface area contributed by atoms with Gasteiger partial charge in [-0.05, 0) is 35.6 Å². The number of ketones is 1. The minimum Gasteiger partial charge on any atom is -0.508 e. The summed E-state index contributed by atoms with van der Waals surface area (Å²) in [6.07, 6.45) is 14.9. The van der Waals surface area contributed by atoms with Crippen molar-refractivity contribution in [1.82, 2.24) is 0 Å². The van der Waals surface area contributed by atoms with Gasteiger partial charge >= 0.3 is 0 Å². The molecule has 0 unspecified atom stereocenters. The maximum atomic E-state index is 12.4. The molecule has 0 aliphatic rings. The zero-order valence-corrected chi connectivity index (χ0v) is 17.6. The maximum Gasteiger partial charge on any atom is 0.162 e. The van der Waals surface area contributed by atoms with Crippen molar-refractivity contribution in [1.29, 1.82) is 0 Å². The van der Waals surface area contributed by atoms with E-state index < -0.39 is 0 Å². The van der Waals surface area contributed by atoms with Crippen molar-refractivity contribution < 1.29 is 9.90 Å². The lowest BCUT2D eigenvalue weighted by molar-refractivity contribution is 0.0979. The summed E-state index contributed by atoms with van der Waals surface area (Å²) < 4.78 is 0. The number of rotatable bonds is 13. The molecule has 26 heavy (non-hydrogen) atoms. The summed E-state index contributed by atoms with van der Waals surface area (Å²) >= 11 is 0. The summed E-state index contributed by atoms with van der Waals surface area (Å²) in [5, 5.41) is 10.0. The van der Waals surface area contributed by atoms with E-state index in [0.717, 1.165) is 24.0 Å². The molecule has 0 aliphatic carbocycles. The second-order valence-electron chi connectivity index (χ2n) is 8.69. The van der Waals surface area contributed by atoms with Gasteiger partial charge in [-0.2, -0.15) is 0 Å². The monoisotopic (exact) mass is 360 g/mol. The van der Waals surface area contributed by atoms with Gasteiger partial charge in [-0.15, -0.1) is 0 Å². The molecule has 0 spiro atoms. The Morgan fingerprint density at radius 2 is 1.35 bits per heavy atom. The molecule has 0 bridgehead atoms. The van der Waals surface area contributed by atoms with Crippen molar-refractivity contribution in [3.63, 3.8) is 0 Å². The fraction of sp³-hybridized carbons (Fsp3) is 0.708. The highest BCUT2D eigenvalue weighted by molar-refractivity contribution is 5.96. The minimum absolute atomic E-state index is 0.156. The normalized spacial score (nSPS) is 11.7. The number of phenolic OH excluding ortho intramolecular Hbond substituents is 1. The Hall–Kier alpha value is -1.31. The topological polar surface area (TPSA) is 37.3 Å². The summed E-state index contributed by atoms with van der Waals surface area (Å²) in [6.45, 7) is 8.43. The quantitative estimate of drug-likeness (QED) is 0.291. The molecule has 1 N–H and O–H groups in total. The van der Waals surface area contributed by atoms with Crippen molar-refractivity contribution in [2.75, 3.05) is 0 Å². The minimum atomic E-state index is -0.156. The highest BCUT2D eigenvalue weighted by Crippen LogP contribution is 2.31. The van der Waals surface area contributed by atoms with Crippen molar-refractivity contribution in [3.05, 3.63) is 29.3 Å². The molecule has 0 aliphatic heterocycles. The number of carbonyl (C=O) groups is 1. The Kier molecular flexibility index (Phi) is 10.6. The number of hydrogen-bond acceptors (Lipinski definition) is 2. The van der Waals surface area contributed by atoms with E-state index in [1.54, 1.807) is 12.1 Å². The number of Topliss-reactive ketones (excluding diaryl/α,β-unsaturated/α-hetero) is 1. The van der Waals surface area contributed by atoms with E-state index >= 15 is 0 Å². The lowest BCUT2D eigenvalue weighted by atomic mass is 9.84. The number of benzene rings is 1. The van der Waals surface area contributed by atoms with Crippen LogP contribution < -0.4 is 0 Å². The van der Waals surface area contributed by atoms with Gasteiger partial charge in [-0.25, -0.2) is 0 Å². The van der Waals surface area contributed by atoms with Crippen LogP contribution in [0.3, 0.4) is 0 Å². The van der Waals surface area contributed by atoms with Crippen LogP contribution in [0.2, 0.25) is 0 Å². The van der Waals surface area contributed by atoms with Crippen LogP contribution in [-0.2, 0) is 5.41 Å². The van der Waals surface area contributed by atoms with Crippen LogP contribution in [0.5, 0.6) is 5.75 Å². The third-order valence-corrected chi connectivity index (χ3v) is 5.13. The number of carbonyl (C=O) groups excluding carboxylic acids is 1. The van der Waals surface area contributed by atoms with Crippen LogP contribution in [0.25, 0.3) is 0 Å². The van der Waals surface area contributed by atoms with Crippen LogP contribution in [0.15, 0.2) is 18.2 Å². The van der Waals surface area contributed by atoms with E-state index in [4.69, 9.17) is 0 Å². The zero-order chi connectivity index (χ0) is 19.4. The first kappa shape index (κ1) is 22.7. The van der Waals surface area contributed by atoms with Gasteiger partial charge in [0.1, 0.15) is 5.75 Å². The smallest absolute Gasteiger partial charge is 0.162 e. The molecule has 148 valence electrons. The van der Waals surface area contributed by atoms with E-state index in [0.29, 0.717) is 6.42 Å². The molecule has 1 aromatic rings. The highest BCUT2D eigenvalue weighted by atomic mass is 16.3. The lowest BCUT2D eigenvalue weighted by Crippen LogP contribution is -2.12. The molecule has 2 nitrogen and oxygen atoms in total. The van der Waals surface area contributed by atoms with E-state index in [1.807, 2.05) is 6.07 Å². The molecular weight excluding hydrogens is 320 g/mol. The first-order chi connectivity index (χ1) is 12.4. The van der Waals surface area contributed by atoms with Gasteiger partial charge in [0, 0.05) is 12.0 Å². The summed E-state index contributed by atoms with van der Waals surface area (Å²) in [5.74, 6) is 0.482. The molecule has 1 aromatic carbocycles. The van der Waals surface area contributed by atoms with Crippen LogP contribution >= 0.6 is 0 Å². The molecular formula is C24H40O2. The van der Waals surface area contributed by atoms with Gasteiger partial charge in [-0.1, -0.05) is 91.9 Å². The van der Waals surface area contributed by atoms with Crippen molar-refractivity contribution in [2.24, 2.45) is 0 Å². The lowest BCUT2D eigenvalue weighted by Gasteiger charge is -2.21. The van der Waals surface area contributed by atoms with Gasteiger partial charge in [-0.3, -0.25) is 4.79 Å². The summed E-state index contributed by atoms with van der Waals surface area (Å²) in [4.78, 5) is 12.4. The van der Waals surface area contributed by atoms with Gasteiger partial charge in [0.2, 0.25) is 0 Å². The average Bonchev–Trinajstić information content (AvgIpc) is 2.58. The third-order valence-electron chi connectivity index (χ3n) is 5.13. The van der Waals surface area contributed by atoms with E-state index in [-0.39, 0.29) is 16.9 Å². The Morgan fingerprint density at radius 1 is 0.846 bits per heavy atom. The molecule has 0 saturated heterocycles.